The highest BCUT2D eigenvalue weighted by Crippen LogP contribution is 2.29. The van der Waals surface area contributed by atoms with E-state index in [1.54, 1.807) is 36.4 Å². The molecule has 0 aliphatic carbocycles. The summed E-state index contributed by atoms with van der Waals surface area (Å²) in [5, 5.41) is 2.81. The number of fused-ring (bicyclic) bond motifs is 2. The van der Waals surface area contributed by atoms with Crippen LogP contribution in [0.5, 0.6) is 0 Å². The second-order valence-corrected chi connectivity index (χ2v) is 9.08. The monoisotopic (exact) mass is 443 g/mol. The molecule has 0 saturated carbocycles. The molecule has 1 aliphatic heterocycles. The van der Waals surface area contributed by atoms with Crippen molar-refractivity contribution in [1.29, 1.82) is 0 Å². The lowest BCUT2D eigenvalue weighted by Crippen LogP contribution is -2.41. The first kappa shape index (κ1) is 20.9. The molecule has 0 unspecified atom stereocenters. The zero-order chi connectivity index (χ0) is 22.2. The van der Waals surface area contributed by atoms with Gasteiger partial charge < -0.3 is 9.73 Å². The first-order valence-electron chi connectivity index (χ1n) is 9.86. The van der Waals surface area contributed by atoms with Crippen molar-refractivity contribution in [1.82, 2.24) is 14.2 Å². The van der Waals surface area contributed by atoms with E-state index in [9.17, 15) is 22.8 Å². The van der Waals surface area contributed by atoms with Gasteiger partial charge in [-0.15, -0.1) is 0 Å². The molecule has 0 bridgehead atoms. The van der Waals surface area contributed by atoms with E-state index in [0.29, 0.717) is 17.5 Å². The fraction of sp³-hybridized carbons (Fsp3) is 0.286. The number of sulfonamides is 1. The largest absolute Gasteiger partial charge is 0.420 e. The summed E-state index contributed by atoms with van der Waals surface area (Å²) in [7, 11) is -3.95. The molecule has 4 rings (SSSR count). The van der Waals surface area contributed by atoms with Gasteiger partial charge in [0.25, 0.3) is 15.9 Å². The zero-order valence-corrected chi connectivity index (χ0v) is 17.6. The lowest BCUT2D eigenvalue weighted by molar-refractivity contribution is -0.121. The van der Waals surface area contributed by atoms with Gasteiger partial charge in [-0.2, -0.15) is 0 Å². The van der Waals surface area contributed by atoms with Crippen molar-refractivity contribution < 1.29 is 22.4 Å². The van der Waals surface area contributed by atoms with E-state index in [4.69, 9.17) is 4.42 Å². The highest BCUT2D eigenvalue weighted by molar-refractivity contribution is 7.90. The number of carbonyl (C=O) groups excluding carboxylic acids is 2. The number of hydrogen-bond donors (Lipinski definition) is 1. The number of aromatic nitrogens is 1. The van der Waals surface area contributed by atoms with Crippen LogP contribution in [0.15, 0.2) is 62.6 Å². The summed E-state index contributed by atoms with van der Waals surface area (Å²) in [4.78, 5) is 37.0. The number of para-hydroxylation sites is 2. The predicted octanol–water partition coefficient (Wildman–Crippen LogP) is 1.72. The number of nitrogens with zero attached hydrogens (tertiary/aromatic N) is 2. The van der Waals surface area contributed by atoms with Crippen molar-refractivity contribution in [2.75, 3.05) is 6.54 Å². The average Bonchev–Trinajstić information content (AvgIpc) is 3.17. The molecule has 1 aromatic heterocycles. The van der Waals surface area contributed by atoms with E-state index in [1.165, 1.54) is 16.7 Å². The first-order valence-corrected chi connectivity index (χ1v) is 11.3. The van der Waals surface area contributed by atoms with E-state index in [0.717, 1.165) is 4.31 Å². The zero-order valence-electron chi connectivity index (χ0n) is 16.8. The van der Waals surface area contributed by atoms with E-state index < -0.39 is 27.6 Å². The lowest BCUT2D eigenvalue weighted by atomic mass is 10.2. The Morgan fingerprint density at radius 2 is 1.81 bits per heavy atom. The molecule has 2 amide bonds. The van der Waals surface area contributed by atoms with E-state index in [1.807, 2.05) is 6.92 Å². The molecule has 162 valence electrons. The van der Waals surface area contributed by atoms with Crippen LogP contribution in [0.25, 0.3) is 11.1 Å². The third kappa shape index (κ3) is 3.74. The third-order valence-electron chi connectivity index (χ3n) is 5.29. The summed E-state index contributed by atoms with van der Waals surface area (Å²) in [6.07, 6.45) is 0.362. The highest BCUT2D eigenvalue weighted by Gasteiger charge is 2.40. The third-order valence-corrected chi connectivity index (χ3v) is 7.13. The van der Waals surface area contributed by atoms with Crippen molar-refractivity contribution in [3.63, 3.8) is 0 Å². The van der Waals surface area contributed by atoms with Gasteiger partial charge in [0.15, 0.2) is 5.58 Å². The Labute approximate surface area is 178 Å². The van der Waals surface area contributed by atoms with E-state index in [2.05, 4.69) is 5.32 Å². The Hall–Kier alpha value is -3.40. The maximum Gasteiger partial charge on any atom is 0.420 e. The van der Waals surface area contributed by atoms with Gasteiger partial charge in [-0.3, -0.25) is 14.2 Å². The second-order valence-electron chi connectivity index (χ2n) is 7.25. The normalized spacial score (nSPS) is 15.8. The maximum absolute atomic E-state index is 12.6. The fourth-order valence-corrected chi connectivity index (χ4v) is 5.21. The molecule has 0 fully saturated rings. The minimum atomic E-state index is -3.95. The number of carbonyl (C=O) groups is 2. The second kappa shape index (κ2) is 8.03. The Kier molecular flexibility index (Phi) is 5.40. The standard InChI is InChI=1S/C21H21N3O6S/c1-2-14(13-23-16-8-4-5-9-17(16)30-21(23)27)22-19(25)11-12-24-20(26)15-7-3-6-10-18(15)31(24,28)29/h3-10,14H,2,11-13H2,1H3,(H,22,25)/t14-/m1/s1. The molecule has 3 aromatic rings. The molecule has 0 spiro atoms. The smallest absolute Gasteiger partial charge is 0.408 e. The van der Waals surface area contributed by atoms with E-state index >= 15 is 0 Å². The van der Waals surface area contributed by atoms with Crippen LogP contribution in [0.1, 0.15) is 30.1 Å². The molecule has 10 heteroatoms. The van der Waals surface area contributed by atoms with Gasteiger partial charge in [-0.1, -0.05) is 31.2 Å². The van der Waals surface area contributed by atoms with Gasteiger partial charge in [-0.25, -0.2) is 17.5 Å². The summed E-state index contributed by atoms with van der Waals surface area (Å²) in [6.45, 7) is 1.82. The van der Waals surface area contributed by atoms with Gasteiger partial charge in [0.1, 0.15) is 4.90 Å². The van der Waals surface area contributed by atoms with Crippen LogP contribution < -0.4 is 11.1 Å². The van der Waals surface area contributed by atoms with Gasteiger partial charge in [0.2, 0.25) is 5.91 Å². The van der Waals surface area contributed by atoms with Crippen LogP contribution in [-0.2, 0) is 21.4 Å². The summed E-state index contributed by atoms with van der Waals surface area (Å²) in [5.74, 6) is -1.56. The molecule has 2 heterocycles. The average molecular weight is 443 g/mol. The molecule has 2 aromatic carbocycles. The van der Waals surface area contributed by atoms with Crippen molar-refractivity contribution in [2.45, 2.75) is 37.2 Å². The number of oxazole rings is 1. The van der Waals surface area contributed by atoms with Crippen molar-refractivity contribution in [2.24, 2.45) is 0 Å². The van der Waals surface area contributed by atoms with Crippen molar-refractivity contribution in [3.8, 4) is 0 Å². The van der Waals surface area contributed by atoms with Crippen LogP contribution in [0.3, 0.4) is 0 Å². The molecular weight excluding hydrogens is 422 g/mol. The van der Waals surface area contributed by atoms with Crippen LogP contribution in [0.2, 0.25) is 0 Å². The molecule has 9 nitrogen and oxygen atoms in total. The summed E-state index contributed by atoms with van der Waals surface area (Å²) in [6, 6.07) is 12.6. The number of benzene rings is 2. The maximum atomic E-state index is 12.6. The Balaban J connectivity index is 1.42. The molecular formula is C21H21N3O6S. The Bertz CT molecular complexity index is 1320. The van der Waals surface area contributed by atoms with Gasteiger partial charge in [0, 0.05) is 25.6 Å². The SMILES string of the molecule is CC[C@H](Cn1c(=O)oc2ccccc21)NC(=O)CCN1C(=O)c2ccccc2S1(=O)=O. The van der Waals surface area contributed by atoms with Gasteiger partial charge in [0.05, 0.1) is 11.1 Å². The Morgan fingerprint density at radius 3 is 2.55 bits per heavy atom. The Morgan fingerprint density at radius 1 is 1.10 bits per heavy atom. The van der Waals surface area contributed by atoms with Crippen molar-refractivity contribution >= 4 is 32.9 Å². The van der Waals surface area contributed by atoms with Crippen LogP contribution in [-0.4, -0.2) is 41.7 Å². The molecule has 1 atom stereocenters. The molecule has 0 saturated heterocycles. The number of amides is 2. The quantitative estimate of drug-likeness (QED) is 0.594. The molecule has 31 heavy (non-hydrogen) atoms. The number of hydrogen-bond acceptors (Lipinski definition) is 6. The molecule has 1 N–H and O–H groups in total. The molecule has 1 aliphatic rings. The van der Waals surface area contributed by atoms with Gasteiger partial charge in [-0.05, 0) is 30.7 Å². The predicted molar refractivity (Wildman–Crippen MR) is 112 cm³/mol. The van der Waals surface area contributed by atoms with Crippen LogP contribution in [0, 0.1) is 0 Å². The summed E-state index contributed by atoms with van der Waals surface area (Å²) < 4.78 is 32.6. The first-order chi connectivity index (χ1) is 14.8. The minimum Gasteiger partial charge on any atom is -0.408 e. The summed E-state index contributed by atoms with van der Waals surface area (Å²) in [5.41, 5.74) is 1.21. The number of nitrogens with one attached hydrogen (secondary N) is 1. The van der Waals surface area contributed by atoms with Gasteiger partial charge >= 0.3 is 5.76 Å². The lowest BCUT2D eigenvalue weighted by Gasteiger charge is -2.19. The molecule has 0 radical (unpaired) electrons. The highest BCUT2D eigenvalue weighted by atomic mass is 32.2. The topological polar surface area (TPSA) is 119 Å². The minimum absolute atomic E-state index is 0.0435. The van der Waals surface area contributed by atoms with Crippen LogP contribution >= 0.6 is 0 Å². The van der Waals surface area contributed by atoms with Crippen molar-refractivity contribution in [3.05, 3.63) is 64.6 Å². The van der Waals surface area contributed by atoms with E-state index in [-0.39, 0.29) is 36.0 Å². The number of rotatable bonds is 7. The fourth-order valence-electron chi connectivity index (χ4n) is 3.64. The van der Waals surface area contributed by atoms with Crippen LogP contribution in [0.4, 0.5) is 0 Å². The summed E-state index contributed by atoms with van der Waals surface area (Å²) >= 11 is 0.